The zero-order chi connectivity index (χ0) is 18.9. The summed E-state index contributed by atoms with van der Waals surface area (Å²) in [6.45, 7) is 1.29. The number of halogens is 2. The largest absolute Gasteiger partial charge is 0.375 e. The van der Waals surface area contributed by atoms with Gasteiger partial charge >= 0.3 is 0 Å². The second-order valence-electron chi connectivity index (χ2n) is 7.22. The first-order valence-electron chi connectivity index (χ1n) is 9.06. The van der Waals surface area contributed by atoms with E-state index >= 15 is 0 Å². The van der Waals surface area contributed by atoms with Gasteiger partial charge in [0, 0.05) is 37.8 Å². The van der Waals surface area contributed by atoms with Gasteiger partial charge in [-0.1, -0.05) is 30.3 Å². The molecule has 0 aliphatic carbocycles. The van der Waals surface area contributed by atoms with Gasteiger partial charge in [0.25, 0.3) is 11.8 Å². The zero-order valence-electron chi connectivity index (χ0n) is 14.9. The predicted octanol–water partition coefficient (Wildman–Crippen LogP) is 2.16. The molecule has 1 aromatic heterocycles. The summed E-state index contributed by atoms with van der Waals surface area (Å²) >= 11 is 0. The van der Waals surface area contributed by atoms with E-state index in [1.165, 1.54) is 6.20 Å². The quantitative estimate of drug-likeness (QED) is 0.839. The number of hydrogen-bond acceptors (Lipinski definition) is 4. The van der Waals surface area contributed by atoms with Gasteiger partial charge < -0.3 is 9.64 Å². The zero-order valence-corrected chi connectivity index (χ0v) is 14.9. The highest BCUT2D eigenvalue weighted by atomic mass is 19.3. The summed E-state index contributed by atoms with van der Waals surface area (Å²) in [6, 6.07) is 10.9. The summed E-state index contributed by atoms with van der Waals surface area (Å²) in [5.41, 5.74) is 1.44. The van der Waals surface area contributed by atoms with Crippen LogP contribution in [0.15, 0.2) is 42.6 Å². The van der Waals surface area contributed by atoms with E-state index in [-0.39, 0.29) is 37.6 Å². The van der Waals surface area contributed by atoms with Crippen molar-refractivity contribution in [3.8, 4) is 0 Å². The summed E-state index contributed by atoms with van der Waals surface area (Å²) in [5.74, 6) is -2.86. The molecule has 0 unspecified atom stereocenters. The van der Waals surface area contributed by atoms with E-state index in [2.05, 4.69) is 10.2 Å². The van der Waals surface area contributed by atoms with Gasteiger partial charge in [-0.25, -0.2) is 8.78 Å². The second kappa shape index (κ2) is 7.36. The van der Waals surface area contributed by atoms with Crippen molar-refractivity contribution in [2.24, 2.45) is 0 Å². The molecule has 0 radical (unpaired) electrons. The van der Waals surface area contributed by atoms with E-state index in [0.29, 0.717) is 25.4 Å². The molecule has 2 aromatic rings. The average molecular weight is 376 g/mol. The number of amides is 1. The monoisotopic (exact) mass is 376 g/mol. The van der Waals surface area contributed by atoms with Crippen molar-refractivity contribution in [1.82, 2.24) is 20.0 Å². The lowest BCUT2D eigenvalue weighted by atomic mass is 10.1. The van der Waals surface area contributed by atoms with Crippen molar-refractivity contribution in [2.45, 2.75) is 31.0 Å². The van der Waals surface area contributed by atoms with Crippen LogP contribution < -0.4 is 0 Å². The Hall–Kier alpha value is -2.32. The molecule has 27 heavy (non-hydrogen) atoms. The molecule has 3 heterocycles. The molecule has 2 aliphatic rings. The Morgan fingerprint density at radius 3 is 2.74 bits per heavy atom. The van der Waals surface area contributed by atoms with Crippen molar-refractivity contribution in [2.75, 3.05) is 26.2 Å². The van der Waals surface area contributed by atoms with E-state index in [0.717, 1.165) is 5.56 Å². The number of carbonyl (C=O) groups excluding carboxylic acids is 1. The molecular formula is C19H22F2N4O2. The Labute approximate surface area is 156 Å². The van der Waals surface area contributed by atoms with Crippen LogP contribution in [0.2, 0.25) is 0 Å². The SMILES string of the molecule is O=C(c1ccn[nH]1)N1CC(N2CC(F)(F)C[C@H]2COCc2ccccc2)C1. The van der Waals surface area contributed by atoms with Gasteiger partial charge in [-0.3, -0.25) is 14.8 Å². The molecule has 2 fully saturated rings. The van der Waals surface area contributed by atoms with E-state index in [1.54, 1.807) is 11.0 Å². The molecule has 4 rings (SSSR count). The Balaban J connectivity index is 1.31. The van der Waals surface area contributed by atoms with Crippen molar-refractivity contribution in [3.63, 3.8) is 0 Å². The summed E-state index contributed by atoms with van der Waals surface area (Å²) in [6.07, 6.45) is 1.32. The molecule has 6 nitrogen and oxygen atoms in total. The molecule has 2 aliphatic heterocycles. The predicted molar refractivity (Wildman–Crippen MR) is 94.4 cm³/mol. The maximum absolute atomic E-state index is 14.0. The number of rotatable bonds is 6. The van der Waals surface area contributed by atoms with Crippen LogP contribution in [-0.2, 0) is 11.3 Å². The first kappa shape index (κ1) is 18.1. The average Bonchev–Trinajstić information content (AvgIpc) is 3.23. The number of benzene rings is 1. The summed E-state index contributed by atoms with van der Waals surface area (Å²) in [5, 5.41) is 6.41. The van der Waals surface area contributed by atoms with Crippen LogP contribution >= 0.6 is 0 Å². The number of alkyl halides is 2. The van der Waals surface area contributed by atoms with Crippen molar-refractivity contribution in [3.05, 3.63) is 53.9 Å². The smallest absolute Gasteiger partial charge is 0.271 e. The van der Waals surface area contributed by atoms with Crippen molar-refractivity contribution in [1.29, 1.82) is 0 Å². The minimum atomic E-state index is -2.71. The normalized spacial score (nSPS) is 22.7. The Morgan fingerprint density at radius 1 is 1.26 bits per heavy atom. The minimum absolute atomic E-state index is 0.0597. The number of carbonyl (C=O) groups is 1. The van der Waals surface area contributed by atoms with Crippen LogP contribution in [0.25, 0.3) is 0 Å². The number of H-pyrrole nitrogens is 1. The number of likely N-dealkylation sites (tertiary alicyclic amines) is 2. The van der Waals surface area contributed by atoms with Gasteiger partial charge in [0.05, 0.1) is 19.8 Å². The molecule has 1 N–H and O–H groups in total. The van der Waals surface area contributed by atoms with E-state index in [9.17, 15) is 13.6 Å². The van der Waals surface area contributed by atoms with Gasteiger partial charge in [-0.05, 0) is 11.6 Å². The van der Waals surface area contributed by atoms with Crippen molar-refractivity contribution < 1.29 is 18.3 Å². The minimum Gasteiger partial charge on any atom is -0.375 e. The summed E-state index contributed by atoms with van der Waals surface area (Å²) < 4.78 is 33.7. The van der Waals surface area contributed by atoms with Gasteiger partial charge in [-0.15, -0.1) is 0 Å². The molecule has 1 amide bonds. The van der Waals surface area contributed by atoms with Gasteiger partial charge in [0.2, 0.25) is 0 Å². The highest BCUT2D eigenvalue weighted by Gasteiger charge is 2.50. The Bertz CT molecular complexity index is 763. The number of aromatic nitrogens is 2. The van der Waals surface area contributed by atoms with Gasteiger partial charge in [0.1, 0.15) is 5.69 Å². The van der Waals surface area contributed by atoms with E-state index in [4.69, 9.17) is 4.74 Å². The fourth-order valence-corrected chi connectivity index (χ4v) is 3.77. The summed E-state index contributed by atoms with van der Waals surface area (Å²) in [7, 11) is 0. The molecule has 0 bridgehead atoms. The third-order valence-electron chi connectivity index (χ3n) is 5.19. The van der Waals surface area contributed by atoms with Crippen LogP contribution in [0.3, 0.4) is 0 Å². The third-order valence-corrected chi connectivity index (χ3v) is 5.19. The molecule has 1 atom stereocenters. The van der Waals surface area contributed by atoms with Crippen molar-refractivity contribution >= 4 is 5.91 Å². The molecule has 8 heteroatoms. The molecule has 2 saturated heterocycles. The van der Waals surface area contributed by atoms with Gasteiger partial charge in [-0.2, -0.15) is 5.10 Å². The molecule has 144 valence electrons. The van der Waals surface area contributed by atoms with Crippen LogP contribution in [-0.4, -0.2) is 70.2 Å². The molecule has 0 spiro atoms. The topological polar surface area (TPSA) is 61.5 Å². The van der Waals surface area contributed by atoms with E-state index in [1.807, 2.05) is 35.2 Å². The van der Waals surface area contributed by atoms with Crippen LogP contribution in [0.4, 0.5) is 8.78 Å². The van der Waals surface area contributed by atoms with E-state index < -0.39 is 5.92 Å². The molecule has 0 saturated carbocycles. The van der Waals surface area contributed by atoms with Crippen LogP contribution in [0, 0.1) is 0 Å². The lowest BCUT2D eigenvalue weighted by Crippen LogP contribution is -2.62. The number of hydrogen-bond donors (Lipinski definition) is 1. The highest BCUT2D eigenvalue weighted by Crippen LogP contribution is 2.35. The number of nitrogens with zero attached hydrogens (tertiary/aromatic N) is 3. The maximum Gasteiger partial charge on any atom is 0.271 e. The fourth-order valence-electron chi connectivity index (χ4n) is 3.77. The first-order valence-corrected chi connectivity index (χ1v) is 9.06. The second-order valence-corrected chi connectivity index (χ2v) is 7.22. The van der Waals surface area contributed by atoms with Gasteiger partial charge in [0.15, 0.2) is 0 Å². The number of aromatic amines is 1. The fraction of sp³-hybridized carbons (Fsp3) is 0.474. The van der Waals surface area contributed by atoms with Crippen LogP contribution in [0.5, 0.6) is 0 Å². The third kappa shape index (κ3) is 4.01. The van der Waals surface area contributed by atoms with Crippen LogP contribution in [0.1, 0.15) is 22.5 Å². The molecular weight excluding hydrogens is 354 g/mol. The molecule has 1 aromatic carbocycles. The lowest BCUT2D eigenvalue weighted by molar-refractivity contribution is -0.0163. The number of nitrogens with one attached hydrogen (secondary N) is 1. The maximum atomic E-state index is 14.0. The Morgan fingerprint density at radius 2 is 2.04 bits per heavy atom. The lowest BCUT2D eigenvalue weighted by Gasteiger charge is -2.45. The Kier molecular flexibility index (Phi) is 4.92. The summed E-state index contributed by atoms with van der Waals surface area (Å²) in [4.78, 5) is 15.7. The highest BCUT2D eigenvalue weighted by molar-refractivity contribution is 5.92. The number of ether oxygens (including phenoxy) is 1. The standard InChI is InChI=1S/C19H22F2N4O2/c20-19(21)8-15(12-27-11-14-4-2-1-3-5-14)25(13-19)16-9-24(10-16)18(26)17-6-7-22-23-17/h1-7,15-16H,8-13H2,(H,22,23)/t15-/m0/s1. The first-order chi connectivity index (χ1) is 13.0.